The smallest absolute Gasteiger partial charge is 0.200 e. The van der Waals surface area contributed by atoms with Crippen LogP contribution in [0.1, 0.15) is 123 Å². The molecule has 0 heterocycles. The lowest BCUT2D eigenvalue weighted by molar-refractivity contribution is 0.0116. The van der Waals surface area contributed by atoms with Crippen LogP contribution in [0.5, 0.6) is 5.75 Å². The van der Waals surface area contributed by atoms with Gasteiger partial charge in [-0.05, 0) is 98.3 Å². The van der Waals surface area contributed by atoms with Crippen LogP contribution in [-0.2, 0) is 11.3 Å². The Morgan fingerprint density at radius 3 is 1.68 bits per heavy atom. The summed E-state index contributed by atoms with van der Waals surface area (Å²) in [6.07, 6.45) is 3.85. The Kier molecular flexibility index (Phi) is 10.3. The Bertz CT molecular complexity index is 1460. The predicted molar refractivity (Wildman–Crippen MR) is 154 cm³/mol. The van der Waals surface area contributed by atoms with Crippen LogP contribution in [0.4, 0.5) is 26.3 Å². The lowest BCUT2D eigenvalue weighted by Gasteiger charge is -2.30. The molecule has 1 atom stereocenters. The number of aliphatic hydroxyl groups excluding tert-OH is 1. The molecule has 0 bridgehead atoms. The number of benzene rings is 3. The number of phenolic OH excluding ortho intramolecular Hbond substituents is 1. The van der Waals surface area contributed by atoms with Gasteiger partial charge in [0.05, 0.1) is 18.8 Å². The van der Waals surface area contributed by atoms with Crippen LogP contribution in [0, 0.1) is 34.9 Å². The van der Waals surface area contributed by atoms with Crippen LogP contribution in [0.2, 0.25) is 0 Å². The van der Waals surface area contributed by atoms with E-state index in [1.807, 2.05) is 6.92 Å². The van der Waals surface area contributed by atoms with Crippen molar-refractivity contribution in [3.63, 3.8) is 0 Å². The van der Waals surface area contributed by atoms with Crippen molar-refractivity contribution in [2.24, 2.45) is 0 Å². The molecule has 1 unspecified atom stereocenters. The third kappa shape index (κ3) is 6.64. The van der Waals surface area contributed by atoms with Gasteiger partial charge in [0.15, 0.2) is 34.8 Å². The summed E-state index contributed by atoms with van der Waals surface area (Å²) in [5.74, 6) is -7.63. The minimum atomic E-state index is -1.28. The summed E-state index contributed by atoms with van der Waals surface area (Å²) in [5.41, 5.74) is 0.790. The Morgan fingerprint density at radius 2 is 1.11 bits per heavy atom. The molecular formula is C35H38F6O3. The number of phenols is 1. The molecule has 0 aliphatic heterocycles. The molecule has 0 aromatic heterocycles. The van der Waals surface area contributed by atoms with Crippen molar-refractivity contribution in [3.05, 3.63) is 99.1 Å². The van der Waals surface area contributed by atoms with Gasteiger partial charge in [0.1, 0.15) is 0 Å². The lowest BCUT2D eigenvalue weighted by atomic mass is 9.75. The molecule has 9 heteroatoms. The largest absolute Gasteiger partial charge is 0.505 e. The highest BCUT2D eigenvalue weighted by Gasteiger charge is 2.31. The van der Waals surface area contributed by atoms with Gasteiger partial charge in [0.2, 0.25) is 5.82 Å². The number of aromatic hydroxyl groups is 1. The summed E-state index contributed by atoms with van der Waals surface area (Å²) >= 11 is 0. The number of ether oxygens (including phenoxy) is 1. The summed E-state index contributed by atoms with van der Waals surface area (Å²) in [7, 11) is 0. The molecule has 0 amide bonds. The Labute approximate surface area is 253 Å². The van der Waals surface area contributed by atoms with Gasteiger partial charge in [-0.1, -0.05) is 43.7 Å². The first-order chi connectivity index (χ1) is 21.1. The Hall–Kier alpha value is -3.04. The molecule has 0 saturated heterocycles. The van der Waals surface area contributed by atoms with E-state index in [-0.39, 0.29) is 58.3 Å². The molecule has 2 fully saturated rings. The fourth-order valence-corrected chi connectivity index (χ4v) is 6.95. The van der Waals surface area contributed by atoms with Crippen LogP contribution in [0.3, 0.4) is 0 Å². The third-order valence-electron chi connectivity index (χ3n) is 9.54. The number of rotatable bonds is 9. The number of hydrogen-bond acceptors (Lipinski definition) is 3. The quantitative estimate of drug-likeness (QED) is 0.234. The van der Waals surface area contributed by atoms with Crippen molar-refractivity contribution < 1.29 is 41.3 Å². The zero-order chi connectivity index (χ0) is 31.5. The first-order valence-electron chi connectivity index (χ1n) is 15.5. The van der Waals surface area contributed by atoms with Gasteiger partial charge in [0, 0.05) is 11.1 Å². The van der Waals surface area contributed by atoms with E-state index >= 15 is 8.78 Å². The molecular weight excluding hydrogens is 582 g/mol. The normalized spacial score (nSPS) is 23.1. The van der Waals surface area contributed by atoms with E-state index in [4.69, 9.17) is 4.74 Å². The highest BCUT2D eigenvalue weighted by Crippen LogP contribution is 2.43. The molecule has 238 valence electrons. The van der Waals surface area contributed by atoms with E-state index in [1.165, 1.54) is 18.2 Å². The molecule has 2 saturated carbocycles. The van der Waals surface area contributed by atoms with Crippen LogP contribution in [-0.4, -0.2) is 16.3 Å². The average Bonchev–Trinajstić information content (AvgIpc) is 3.02. The van der Waals surface area contributed by atoms with Crippen LogP contribution in [0.15, 0.2) is 36.4 Å². The molecule has 2 aliphatic carbocycles. The molecule has 0 radical (unpaired) electrons. The summed E-state index contributed by atoms with van der Waals surface area (Å²) in [6, 6.07) is 8.60. The fourth-order valence-electron chi connectivity index (χ4n) is 6.95. The summed E-state index contributed by atoms with van der Waals surface area (Å²) in [5, 5.41) is 19.5. The molecule has 3 aromatic rings. The SMILES string of the molecule is CCCC(O)c1ccc(C2CCC(OCc3ccc(C4CCC(c5ccc(O)c(F)c5F)CC4)c(F)c3F)CC2)c(F)c1F. The van der Waals surface area contributed by atoms with E-state index in [2.05, 4.69) is 0 Å². The van der Waals surface area contributed by atoms with Crippen molar-refractivity contribution in [2.45, 2.75) is 108 Å². The molecule has 3 aromatic carbocycles. The molecule has 44 heavy (non-hydrogen) atoms. The maximum Gasteiger partial charge on any atom is 0.200 e. The molecule has 0 spiro atoms. The van der Waals surface area contributed by atoms with Crippen molar-refractivity contribution in [2.75, 3.05) is 0 Å². The van der Waals surface area contributed by atoms with Crippen molar-refractivity contribution >= 4 is 0 Å². The minimum Gasteiger partial charge on any atom is -0.505 e. The van der Waals surface area contributed by atoms with Crippen LogP contribution >= 0.6 is 0 Å². The summed E-state index contributed by atoms with van der Waals surface area (Å²) < 4.78 is 93.8. The standard InChI is InChI=1S/C35H38F6O3/c1-2-3-28(42)27-15-14-25(32(38)34(27)40)21-8-11-23(12-9-21)44-18-22-10-13-24(31(37)30(22)36)19-4-6-20(7-5-19)26-16-17-29(43)35(41)33(26)39/h10,13-17,19-21,23,28,42-43H,2-9,11-12,18H2,1H3. The van der Waals surface area contributed by atoms with Crippen molar-refractivity contribution in [1.29, 1.82) is 0 Å². The van der Waals surface area contributed by atoms with E-state index < -0.39 is 46.8 Å². The predicted octanol–water partition coefficient (Wildman–Crippen LogP) is 9.74. The van der Waals surface area contributed by atoms with Crippen molar-refractivity contribution in [3.8, 4) is 5.75 Å². The minimum absolute atomic E-state index is 0.0285. The van der Waals surface area contributed by atoms with Crippen LogP contribution in [0.25, 0.3) is 0 Å². The highest BCUT2D eigenvalue weighted by molar-refractivity contribution is 5.34. The Morgan fingerprint density at radius 1 is 0.636 bits per heavy atom. The fraction of sp³-hybridized carbons (Fsp3) is 0.486. The highest BCUT2D eigenvalue weighted by atomic mass is 19.2. The molecule has 5 rings (SSSR count). The van der Waals surface area contributed by atoms with Gasteiger partial charge in [-0.15, -0.1) is 0 Å². The lowest BCUT2D eigenvalue weighted by Crippen LogP contribution is -2.22. The maximum atomic E-state index is 15.2. The van der Waals surface area contributed by atoms with E-state index in [0.29, 0.717) is 64.2 Å². The summed E-state index contributed by atoms with van der Waals surface area (Å²) in [6.45, 7) is 1.74. The molecule has 2 N–H and O–H groups in total. The second-order valence-corrected chi connectivity index (χ2v) is 12.3. The Balaban J connectivity index is 1.14. The van der Waals surface area contributed by atoms with Crippen LogP contribution < -0.4 is 0 Å². The number of halogens is 6. The summed E-state index contributed by atoms with van der Waals surface area (Å²) in [4.78, 5) is 0. The van der Waals surface area contributed by atoms with Gasteiger partial charge in [0.25, 0.3) is 0 Å². The van der Waals surface area contributed by atoms with E-state index in [0.717, 1.165) is 6.07 Å². The van der Waals surface area contributed by atoms with Crippen molar-refractivity contribution in [1.82, 2.24) is 0 Å². The molecule has 3 nitrogen and oxygen atoms in total. The maximum absolute atomic E-state index is 15.2. The first-order valence-corrected chi connectivity index (χ1v) is 15.5. The van der Waals surface area contributed by atoms with Gasteiger partial charge in [-0.25, -0.2) is 22.0 Å². The van der Waals surface area contributed by atoms with E-state index in [9.17, 15) is 27.8 Å². The second-order valence-electron chi connectivity index (χ2n) is 12.3. The van der Waals surface area contributed by atoms with E-state index in [1.54, 1.807) is 12.1 Å². The van der Waals surface area contributed by atoms with Gasteiger partial charge in [-0.3, -0.25) is 0 Å². The number of aliphatic hydroxyl groups is 1. The third-order valence-corrected chi connectivity index (χ3v) is 9.54. The zero-order valence-corrected chi connectivity index (χ0v) is 24.7. The second kappa shape index (κ2) is 13.9. The zero-order valence-electron chi connectivity index (χ0n) is 24.7. The monoisotopic (exact) mass is 620 g/mol. The van der Waals surface area contributed by atoms with Gasteiger partial charge < -0.3 is 14.9 Å². The first kappa shape index (κ1) is 32.4. The number of hydrogen-bond donors (Lipinski definition) is 2. The average molecular weight is 621 g/mol. The van der Waals surface area contributed by atoms with Gasteiger partial charge >= 0.3 is 0 Å². The molecule has 2 aliphatic rings. The van der Waals surface area contributed by atoms with Gasteiger partial charge in [-0.2, -0.15) is 4.39 Å². The topological polar surface area (TPSA) is 49.7 Å².